The number of fused-ring (bicyclic) bond motifs is 3. The van der Waals surface area contributed by atoms with Gasteiger partial charge < -0.3 is 10.2 Å². The van der Waals surface area contributed by atoms with E-state index in [1.807, 2.05) is 30.5 Å². The Hall–Kier alpha value is -2.55. The van der Waals surface area contributed by atoms with Gasteiger partial charge in [-0.25, -0.2) is 0 Å². The normalized spacial score (nSPS) is 16.6. The maximum Gasteiger partial charge on any atom is 0.308 e. The fourth-order valence-electron chi connectivity index (χ4n) is 3.51. The van der Waals surface area contributed by atoms with E-state index in [1.165, 1.54) is 11.3 Å². The van der Waals surface area contributed by atoms with Crippen LogP contribution in [0.3, 0.4) is 0 Å². The summed E-state index contributed by atoms with van der Waals surface area (Å²) in [6.45, 7) is 5.29. The molecule has 0 radical (unpaired) electrons. The molecular formula is C20H19ClN4O3S. The molecule has 2 atom stereocenters. The predicted molar refractivity (Wildman–Crippen MR) is 111 cm³/mol. The minimum atomic E-state index is -0.959. The van der Waals surface area contributed by atoms with Crippen LogP contribution in [0.1, 0.15) is 46.2 Å². The molecule has 1 aliphatic rings. The largest absolute Gasteiger partial charge is 0.481 e. The summed E-state index contributed by atoms with van der Waals surface area (Å²) in [5.74, 6) is -0.638. The van der Waals surface area contributed by atoms with E-state index in [1.54, 1.807) is 19.1 Å². The van der Waals surface area contributed by atoms with Crippen molar-refractivity contribution in [1.29, 1.82) is 0 Å². The zero-order valence-electron chi connectivity index (χ0n) is 16.0. The zero-order chi connectivity index (χ0) is 20.9. The molecule has 0 bridgehead atoms. The number of aliphatic imine (C=N–C) groups is 1. The summed E-state index contributed by atoms with van der Waals surface area (Å²) >= 11 is 7.51. The van der Waals surface area contributed by atoms with E-state index in [4.69, 9.17) is 16.6 Å². The lowest BCUT2D eigenvalue weighted by molar-refractivity contribution is -0.141. The SMILES string of the molecule is Cc1c(CO)sc2c1C(c1ccc(Cl)cc1)=NC([C@H](C)C(=O)O)c1nnc(C)n1-2. The van der Waals surface area contributed by atoms with Crippen molar-refractivity contribution >= 4 is 34.6 Å². The first-order valence-corrected chi connectivity index (χ1v) is 10.2. The van der Waals surface area contributed by atoms with E-state index in [-0.39, 0.29) is 6.61 Å². The molecule has 0 spiro atoms. The molecule has 0 amide bonds. The van der Waals surface area contributed by atoms with Crippen LogP contribution in [0.25, 0.3) is 5.00 Å². The van der Waals surface area contributed by atoms with Gasteiger partial charge in [0.25, 0.3) is 0 Å². The van der Waals surface area contributed by atoms with Crippen molar-refractivity contribution in [2.24, 2.45) is 10.9 Å². The second-order valence-corrected chi connectivity index (χ2v) is 8.51. The van der Waals surface area contributed by atoms with E-state index in [0.717, 1.165) is 26.6 Å². The highest BCUT2D eigenvalue weighted by Crippen LogP contribution is 2.41. The lowest BCUT2D eigenvalue weighted by Gasteiger charge is -2.16. The minimum Gasteiger partial charge on any atom is -0.481 e. The van der Waals surface area contributed by atoms with Crippen molar-refractivity contribution in [2.75, 3.05) is 0 Å². The second-order valence-electron chi connectivity index (χ2n) is 6.99. The number of aryl methyl sites for hydroxylation is 1. The molecule has 0 fully saturated rings. The van der Waals surface area contributed by atoms with Crippen LogP contribution in [0.5, 0.6) is 0 Å². The Morgan fingerprint density at radius 2 is 1.97 bits per heavy atom. The second kappa shape index (κ2) is 7.37. The van der Waals surface area contributed by atoms with Crippen LogP contribution in [0.4, 0.5) is 0 Å². The molecule has 9 heteroatoms. The van der Waals surface area contributed by atoms with Crippen molar-refractivity contribution < 1.29 is 15.0 Å². The Morgan fingerprint density at radius 3 is 2.59 bits per heavy atom. The number of hydrogen-bond donors (Lipinski definition) is 2. The number of aliphatic hydroxyl groups excluding tert-OH is 1. The number of aliphatic carboxylic acids is 1. The van der Waals surface area contributed by atoms with Gasteiger partial charge in [-0.2, -0.15) is 0 Å². The third-order valence-electron chi connectivity index (χ3n) is 5.17. The van der Waals surface area contributed by atoms with Crippen LogP contribution >= 0.6 is 22.9 Å². The van der Waals surface area contributed by atoms with Crippen LogP contribution in [0.2, 0.25) is 5.02 Å². The average Bonchev–Trinajstić information content (AvgIpc) is 3.18. The molecule has 1 aromatic carbocycles. The smallest absolute Gasteiger partial charge is 0.308 e. The van der Waals surface area contributed by atoms with E-state index in [2.05, 4.69) is 10.2 Å². The van der Waals surface area contributed by atoms with Gasteiger partial charge in [0.1, 0.15) is 16.9 Å². The topological polar surface area (TPSA) is 101 Å². The molecule has 0 aliphatic carbocycles. The number of aromatic nitrogens is 3. The highest BCUT2D eigenvalue weighted by Gasteiger charge is 2.36. The number of carbonyl (C=O) groups is 1. The Labute approximate surface area is 176 Å². The third-order valence-corrected chi connectivity index (χ3v) is 6.69. The summed E-state index contributed by atoms with van der Waals surface area (Å²) in [6.07, 6.45) is 0. The summed E-state index contributed by atoms with van der Waals surface area (Å²) < 4.78 is 1.86. The van der Waals surface area contributed by atoms with Crippen LogP contribution < -0.4 is 0 Å². The van der Waals surface area contributed by atoms with Gasteiger partial charge >= 0.3 is 5.97 Å². The number of nitrogens with zero attached hydrogens (tertiary/aromatic N) is 4. The Bertz CT molecular complexity index is 1130. The fourth-order valence-corrected chi connectivity index (χ4v) is 4.86. The van der Waals surface area contributed by atoms with Crippen LogP contribution in [0.15, 0.2) is 29.3 Å². The molecule has 2 aromatic heterocycles. The quantitative estimate of drug-likeness (QED) is 0.657. The number of aliphatic hydroxyl groups is 1. The van der Waals surface area contributed by atoms with E-state index in [0.29, 0.717) is 22.4 Å². The van der Waals surface area contributed by atoms with Gasteiger partial charge in [-0.3, -0.25) is 14.4 Å². The van der Waals surface area contributed by atoms with E-state index < -0.39 is 17.9 Å². The number of thiophene rings is 1. The molecule has 3 aromatic rings. The molecule has 4 rings (SSSR count). The minimum absolute atomic E-state index is 0.0944. The van der Waals surface area contributed by atoms with Crippen molar-refractivity contribution in [3.05, 3.63) is 62.5 Å². The van der Waals surface area contributed by atoms with Gasteiger partial charge in [0.15, 0.2) is 5.82 Å². The predicted octanol–water partition coefficient (Wildman–Crippen LogP) is 3.70. The van der Waals surface area contributed by atoms with Gasteiger partial charge in [0, 0.05) is 21.0 Å². The number of carboxylic acids is 1. The number of carboxylic acid groups (broad SMARTS) is 1. The summed E-state index contributed by atoms with van der Waals surface area (Å²) in [6, 6.07) is 6.57. The zero-order valence-corrected chi connectivity index (χ0v) is 17.6. The molecule has 7 nitrogen and oxygen atoms in total. The molecule has 29 heavy (non-hydrogen) atoms. The monoisotopic (exact) mass is 430 g/mol. The van der Waals surface area contributed by atoms with Gasteiger partial charge in [0.05, 0.1) is 18.2 Å². The van der Waals surface area contributed by atoms with Crippen LogP contribution in [0, 0.1) is 19.8 Å². The van der Waals surface area contributed by atoms with Gasteiger partial charge in [0.2, 0.25) is 0 Å². The summed E-state index contributed by atoms with van der Waals surface area (Å²) in [7, 11) is 0. The Morgan fingerprint density at radius 1 is 1.28 bits per heavy atom. The molecule has 3 heterocycles. The lowest BCUT2D eigenvalue weighted by Crippen LogP contribution is -2.21. The summed E-state index contributed by atoms with van der Waals surface area (Å²) in [5, 5.41) is 29.4. The fraction of sp³-hybridized carbons (Fsp3) is 0.300. The number of hydrogen-bond acceptors (Lipinski definition) is 6. The Kier molecular flexibility index (Phi) is 5.02. The highest BCUT2D eigenvalue weighted by atomic mass is 35.5. The van der Waals surface area contributed by atoms with Crippen molar-refractivity contribution in [3.8, 4) is 5.00 Å². The molecule has 0 saturated heterocycles. The third kappa shape index (κ3) is 3.17. The number of rotatable bonds is 4. The van der Waals surface area contributed by atoms with Crippen molar-refractivity contribution in [3.63, 3.8) is 0 Å². The standard InChI is InChI=1S/C20H19ClN4O3S/c1-9-14(8-26)29-19-15(9)17(12-4-6-13(21)7-5-12)22-16(10(2)20(27)28)18-24-23-11(3)25(18)19/h4-7,10,16,26H,8H2,1-3H3,(H,27,28)/t10-,16?/m0/s1. The number of benzene rings is 1. The number of halogens is 1. The maximum atomic E-state index is 11.8. The van der Waals surface area contributed by atoms with Gasteiger partial charge in [-0.15, -0.1) is 21.5 Å². The molecule has 1 aliphatic heterocycles. The summed E-state index contributed by atoms with van der Waals surface area (Å²) in [4.78, 5) is 17.5. The maximum absolute atomic E-state index is 11.8. The first-order valence-electron chi connectivity index (χ1n) is 9.05. The highest BCUT2D eigenvalue weighted by molar-refractivity contribution is 7.15. The first kappa shape index (κ1) is 19.8. The van der Waals surface area contributed by atoms with Crippen molar-refractivity contribution in [1.82, 2.24) is 14.8 Å². The first-order chi connectivity index (χ1) is 13.8. The van der Waals surface area contributed by atoms with Crippen LogP contribution in [-0.2, 0) is 11.4 Å². The van der Waals surface area contributed by atoms with E-state index >= 15 is 0 Å². The van der Waals surface area contributed by atoms with E-state index in [9.17, 15) is 15.0 Å². The Balaban J connectivity index is 2.07. The van der Waals surface area contributed by atoms with Crippen LogP contribution in [-0.4, -0.2) is 36.7 Å². The van der Waals surface area contributed by atoms with Gasteiger partial charge in [-0.05, 0) is 38.5 Å². The van der Waals surface area contributed by atoms with Gasteiger partial charge in [-0.1, -0.05) is 23.7 Å². The molecule has 0 saturated carbocycles. The average molecular weight is 431 g/mol. The molecule has 1 unspecified atom stereocenters. The molecular weight excluding hydrogens is 412 g/mol. The molecule has 2 N–H and O–H groups in total. The lowest BCUT2D eigenvalue weighted by atomic mass is 9.98. The summed E-state index contributed by atoms with van der Waals surface area (Å²) in [5.41, 5.74) is 3.24. The molecule has 150 valence electrons. The van der Waals surface area contributed by atoms with Crippen molar-refractivity contribution in [2.45, 2.75) is 33.4 Å².